The lowest BCUT2D eigenvalue weighted by molar-refractivity contribution is 0.0953. The van der Waals surface area contributed by atoms with E-state index in [4.69, 9.17) is 19.7 Å². The van der Waals surface area contributed by atoms with Crippen LogP contribution in [-0.4, -0.2) is 38.8 Å². The van der Waals surface area contributed by atoms with Crippen molar-refractivity contribution < 1.29 is 19.0 Å². The lowest BCUT2D eigenvalue weighted by atomic mass is 10.1. The molecule has 0 aromatic heterocycles. The van der Waals surface area contributed by atoms with E-state index in [0.29, 0.717) is 42.6 Å². The van der Waals surface area contributed by atoms with Gasteiger partial charge < -0.3 is 19.5 Å². The third kappa shape index (κ3) is 18.5. The molecule has 0 aliphatic heterocycles. The van der Waals surface area contributed by atoms with Crippen LogP contribution in [0.4, 0.5) is 0 Å². The minimum atomic E-state index is -0.255. The molecule has 1 aromatic carbocycles. The molecular formula is C33H58N4O4. The van der Waals surface area contributed by atoms with Crippen molar-refractivity contribution in [3.63, 3.8) is 0 Å². The number of rotatable bonds is 28. The van der Waals surface area contributed by atoms with E-state index in [9.17, 15) is 4.79 Å². The zero-order chi connectivity index (χ0) is 29.8. The van der Waals surface area contributed by atoms with Crippen LogP contribution in [0.1, 0.15) is 147 Å². The fourth-order valence-corrected chi connectivity index (χ4v) is 4.62. The average Bonchev–Trinajstić information content (AvgIpc) is 2.98. The van der Waals surface area contributed by atoms with E-state index in [0.717, 1.165) is 38.5 Å². The SMILES string of the molecule is CCCCCCCCOc1cc(C(=O)NCCN=[N+]=[N-])cc(OCCCCCCCC)c1OCCCCCCCC. The molecule has 1 amide bonds. The van der Waals surface area contributed by atoms with Crippen molar-refractivity contribution in [3.8, 4) is 17.2 Å². The van der Waals surface area contributed by atoms with Gasteiger partial charge in [0.15, 0.2) is 11.5 Å². The molecule has 0 saturated heterocycles. The summed E-state index contributed by atoms with van der Waals surface area (Å²) in [6, 6.07) is 3.52. The standard InChI is InChI=1S/C33H58N4O4/c1-4-7-10-13-16-19-24-39-30-27-29(33(38)35-22-23-36-37-34)28-31(40-25-20-17-14-11-8-5-2)32(30)41-26-21-18-15-12-9-6-3/h27-28H,4-26H2,1-3H3,(H,35,38). The maximum atomic E-state index is 13.0. The summed E-state index contributed by atoms with van der Waals surface area (Å²) in [6.07, 6.45) is 21.2. The summed E-state index contributed by atoms with van der Waals surface area (Å²) in [6.45, 7) is 8.86. The van der Waals surface area contributed by atoms with Gasteiger partial charge in [-0.15, -0.1) is 0 Å². The first-order valence-electron chi connectivity index (χ1n) is 16.5. The van der Waals surface area contributed by atoms with Crippen LogP contribution in [-0.2, 0) is 0 Å². The first kappa shape index (κ1) is 36.4. The van der Waals surface area contributed by atoms with Gasteiger partial charge in [0.25, 0.3) is 5.91 Å². The van der Waals surface area contributed by atoms with E-state index in [1.807, 2.05) is 0 Å². The Morgan fingerprint density at radius 2 is 1.10 bits per heavy atom. The summed E-state index contributed by atoms with van der Waals surface area (Å²) in [5.41, 5.74) is 8.97. The zero-order valence-corrected chi connectivity index (χ0v) is 26.4. The minimum Gasteiger partial charge on any atom is -0.490 e. The van der Waals surface area contributed by atoms with Crippen LogP contribution < -0.4 is 19.5 Å². The number of unbranched alkanes of at least 4 members (excludes halogenated alkanes) is 15. The number of nitrogens with zero attached hydrogens (tertiary/aromatic N) is 3. The molecule has 0 bridgehead atoms. The van der Waals surface area contributed by atoms with E-state index < -0.39 is 0 Å². The molecule has 0 radical (unpaired) electrons. The second-order valence-electron chi connectivity index (χ2n) is 10.9. The minimum absolute atomic E-state index is 0.199. The van der Waals surface area contributed by atoms with Crippen molar-refractivity contribution >= 4 is 5.91 Å². The number of carbonyl (C=O) groups is 1. The molecule has 0 unspecified atom stereocenters. The highest BCUT2D eigenvalue weighted by atomic mass is 16.5. The third-order valence-electron chi connectivity index (χ3n) is 7.10. The predicted octanol–water partition coefficient (Wildman–Crippen LogP) is 9.94. The molecule has 0 atom stereocenters. The van der Waals surface area contributed by atoms with Gasteiger partial charge in [0.05, 0.1) is 19.8 Å². The van der Waals surface area contributed by atoms with Gasteiger partial charge >= 0.3 is 0 Å². The Morgan fingerprint density at radius 3 is 1.54 bits per heavy atom. The van der Waals surface area contributed by atoms with Crippen molar-refractivity contribution in [1.82, 2.24) is 5.32 Å². The Bertz CT molecular complexity index is 804. The molecule has 0 saturated carbocycles. The second-order valence-corrected chi connectivity index (χ2v) is 10.9. The quantitative estimate of drug-likeness (QED) is 0.0465. The lowest BCUT2D eigenvalue weighted by Gasteiger charge is -2.19. The number of benzene rings is 1. The molecule has 0 aliphatic carbocycles. The summed E-state index contributed by atoms with van der Waals surface area (Å²) >= 11 is 0. The molecule has 41 heavy (non-hydrogen) atoms. The topological polar surface area (TPSA) is 106 Å². The van der Waals surface area contributed by atoms with Crippen LogP contribution in [0, 0.1) is 0 Å². The molecule has 0 spiro atoms. The van der Waals surface area contributed by atoms with E-state index >= 15 is 0 Å². The number of azide groups is 1. The van der Waals surface area contributed by atoms with Gasteiger partial charge in [0, 0.05) is 23.6 Å². The number of nitrogens with one attached hydrogen (secondary N) is 1. The Kier molecular flexibility index (Phi) is 23.4. The number of carbonyl (C=O) groups excluding carboxylic acids is 1. The zero-order valence-electron chi connectivity index (χ0n) is 26.4. The fraction of sp³-hybridized carbons (Fsp3) is 0.788. The number of amides is 1. The Morgan fingerprint density at radius 1 is 0.683 bits per heavy atom. The maximum Gasteiger partial charge on any atom is 0.251 e. The van der Waals surface area contributed by atoms with E-state index in [1.165, 1.54) is 77.0 Å². The third-order valence-corrected chi connectivity index (χ3v) is 7.10. The Balaban J connectivity index is 2.99. The first-order chi connectivity index (χ1) is 20.2. The number of hydrogen-bond acceptors (Lipinski definition) is 5. The van der Waals surface area contributed by atoms with Crippen molar-refractivity contribution in [1.29, 1.82) is 0 Å². The van der Waals surface area contributed by atoms with Crippen LogP contribution >= 0.6 is 0 Å². The van der Waals surface area contributed by atoms with Crippen molar-refractivity contribution in [2.45, 2.75) is 136 Å². The summed E-state index contributed by atoms with van der Waals surface area (Å²) in [7, 11) is 0. The highest BCUT2D eigenvalue weighted by Crippen LogP contribution is 2.39. The maximum absolute atomic E-state index is 13.0. The van der Waals surface area contributed by atoms with Crippen LogP contribution in [0.3, 0.4) is 0 Å². The highest BCUT2D eigenvalue weighted by Gasteiger charge is 2.19. The molecule has 234 valence electrons. The van der Waals surface area contributed by atoms with E-state index in [2.05, 4.69) is 36.1 Å². The average molecular weight is 575 g/mol. The van der Waals surface area contributed by atoms with Gasteiger partial charge in [-0.3, -0.25) is 4.79 Å². The summed E-state index contributed by atoms with van der Waals surface area (Å²) in [4.78, 5) is 15.7. The van der Waals surface area contributed by atoms with Crippen molar-refractivity contribution in [2.75, 3.05) is 32.9 Å². The monoisotopic (exact) mass is 574 g/mol. The van der Waals surface area contributed by atoms with Crippen molar-refractivity contribution in [2.24, 2.45) is 5.11 Å². The number of ether oxygens (including phenoxy) is 3. The first-order valence-corrected chi connectivity index (χ1v) is 16.5. The van der Waals surface area contributed by atoms with Gasteiger partial charge in [-0.1, -0.05) is 122 Å². The molecule has 0 heterocycles. The molecule has 0 aliphatic rings. The molecule has 1 aromatic rings. The molecular weight excluding hydrogens is 516 g/mol. The predicted molar refractivity (Wildman–Crippen MR) is 169 cm³/mol. The van der Waals surface area contributed by atoms with Crippen LogP contribution in [0.2, 0.25) is 0 Å². The van der Waals surface area contributed by atoms with Gasteiger partial charge in [-0.2, -0.15) is 0 Å². The number of hydrogen-bond donors (Lipinski definition) is 1. The van der Waals surface area contributed by atoms with E-state index in [-0.39, 0.29) is 19.0 Å². The summed E-state index contributed by atoms with van der Waals surface area (Å²) < 4.78 is 18.8. The van der Waals surface area contributed by atoms with Crippen LogP contribution in [0.25, 0.3) is 10.4 Å². The fourth-order valence-electron chi connectivity index (χ4n) is 4.62. The van der Waals surface area contributed by atoms with E-state index in [1.54, 1.807) is 12.1 Å². The highest BCUT2D eigenvalue weighted by molar-refractivity contribution is 5.95. The van der Waals surface area contributed by atoms with Crippen molar-refractivity contribution in [3.05, 3.63) is 28.1 Å². The molecule has 8 nitrogen and oxygen atoms in total. The molecule has 1 N–H and O–H groups in total. The van der Waals surface area contributed by atoms with Gasteiger partial charge in [0.2, 0.25) is 5.75 Å². The summed E-state index contributed by atoms with van der Waals surface area (Å²) in [5, 5.41) is 6.32. The van der Waals surface area contributed by atoms with Crippen LogP contribution in [0.15, 0.2) is 17.2 Å². The molecule has 1 rings (SSSR count). The molecule has 8 heteroatoms. The largest absolute Gasteiger partial charge is 0.490 e. The van der Waals surface area contributed by atoms with Gasteiger partial charge in [0.1, 0.15) is 0 Å². The van der Waals surface area contributed by atoms with Crippen LogP contribution in [0.5, 0.6) is 17.2 Å². The Labute approximate surface area is 249 Å². The Hall–Kier alpha value is -2.60. The van der Waals surface area contributed by atoms with Gasteiger partial charge in [-0.05, 0) is 36.9 Å². The molecule has 0 fully saturated rings. The lowest BCUT2D eigenvalue weighted by Crippen LogP contribution is -2.26. The smallest absolute Gasteiger partial charge is 0.251 e. The summed E-state index contributed by atoms with van der Waals surface area (Å²) in [5.74, 6) is 1.46. The second kappa shape index (κ2) is 26.3. The normalized spacial score (nSPS) is 10.7. The van der Waals surface area contributed by atoms with Gasteiger partial charge in [-0.25, -0.2) is 0 Å².